The van der Waals surface area contributed by atoms with Crippen LogP contribution in [0.4, 0.5) is 23.7 Å². The fraction of sp³-hybridized carbons (Fsp3) is 0.429. The third-order valence-electron chi connectivity index (χ3n) is 2.91. The maximum Gasteiger partial charge on any atom is 0.408 e. The third-order valence-corrected chi connectivity index (χ3v) is 2.91. The van der Waals surface area contributed by atoms with Crippen LogP contribution in [-0.2, 0) is 12.8 Å². The van der Waals surface area contributed by atoms with Crippen LogP contribution in [-0.4, -0.2) is 24.7 Å². The van der Waals surface area contributed by atoms with E-state index < -0.39 is 24.7 Å². The fourth-order valence-corrected chi connectivity index (χ4v) is 1.88. The Morgan fingerprint density at radius 2 is 1.74 bits per heavy atom. The maximum absolute atomic E-state index is 12.0. The molecule has 0 aliphatic rings. The second kappa shape index (κ2) is 9.24. The van der Waals surface area contributed by atoms with Gasteiger partial charge in [0.2, 0.25) is 0 Å². The van der Waals surface area contributed by atoms with Crippen molar-refractivity contribution in [2.45, 2.75) is 32.9 Å². The molecule has 0 bridgehead atoms. The van der Waals surface area contributed by atoms with E-state index in [4.69, 9.17) is 5.73 Å². The Morgan fingerprint density at radius 1 is 1.22 bits per heavy atom. The number of carbonyl (C=O) groups excluding carboxylic acids is 1. The highest BCUT2D eigenvalue weighted by molar-refractivity contribution is 6.02. The van der Waals surface area contributed by atoms with Gasteiger partial charge in [0.1, 0.15) is 6.54 Å². The number of aliphatic imine (C=N–C) groups is 1. The molecule has 0 aliphatic carbocycles. The molecule has 1 aromatic carbocycles. The molecule has 130 valence electrons. The fourth-order valence-electron chi connectivity index (χ4n) is 1.88. The zero-order valence-electron chi connectivity index (χ0n) is 12.8. The lowest BCUT2D eigenvalue weighted by molar-refractivity contribution is -0.118. The highest BCUT2D eigenvalue weighted by Crippen LogP contribution is 2.22. The van der Waals surface area contributed by atoms with Gasteiger partial charge in [-0.3, -0.25) is 5.32 Å². The number of alkyl halides is 3. The third kappa shape index (κ3) is 7.23. The molecule has 0 aromatic heterocycles. The number of hydrogen-bond acceptors (Lipinski definition) is 2. The van der Waals surface area contributed by atoms with Crippen LogP contribution in [0.2, 0.25) is 0 Å². The van der Waals surface area contributed by atoms with Crippen molar-refractivity contribution in [1.82, 2.24) is 5.32 Å². The number of carbonyl (C=O) groups is 1. The highest BCUT2D eigenvalue weighted by atomic mass is 35.5. The molecule has 0 unspecified atom stereocenters. The first-order valence-corrected chi connectivity index (χ1v) is 6.82. The Morgan fingerprint density at radius 3 is 2.17 bits per heavy atom. The van der Waals surface area contributed by atoms with Crippen LogP contribution in [0.5, 0.6) is 0 Å². The second-order valence-electron chi connectivity index (χ2n) is 4.55. The molecular weight excluding hydrogens is 333 g/mol. The summed E-state index contributed by atoms with van der Waals surface area (Å²) in [4.78, 5) is 14.9. The van der Waals surface area contributed by atoms with Gasteiger partial charge in [0.05, 0.1) is 0 Å². The first-order valence-electron chi connectivity index (χ1n) is 6.82. The largest absolute Gasteiger partial charge is 0.408 e. The van der Waals surface area contributed by atoms with Crippen LogP contribution in [0.3, 0.4) is 0 Å². The van der Waals surface area contributed by atoms with Gasteiger partial charge in [0.15, 0.2) is 5.96 Å². The van der Waals surface area contributed by atoms with E-state index in [-0.39, 0.29) is 12.4 Å². The first-order chi connectivity index (χ1) is 10.3. The first kappa shape index (κ1) is 21.0. The summed E-state index contributed by atoms with van der Waals surface area (Å²) in [5.41, 5.74) is 7.76. The van der Waals surface area contributed by atoms with Crippen LogP contribution in [0.1, 0.15) is 25.0 Å². The molecule has 0 saturated carbocycles. The van der Waals surface area contributed by atoms with Crippen molar-refractivity contribution < 1.29 is 18.0 Å². The summed E-state index contributed by atoms with van der Waals surface area (Å²) in [6.45, 7) is 2.44. The van der Waals surface area contributed by atoms with E-state index in [1.807, 2.05) is 32.0 Å². The van der Waals surface area contributed by atoms with E-state index >= 15 is 0 Å². The number of urea groups is 1. The molecule has 23 heavy (non-hydrogen) atoms. The Labute approximate surface area is 138 Å². The number of nitrogens with two attached hydrogens (primary N) is 1. The van der Waals surface area contributed by atoms with E-state index in [2.05, 4.69) is 15.6 Å². The van der Waals surface area contributed by atoms with Crippen LogP contribution in [0.15, 0.2) is 23.2 Å². The smallest absolute Gasteiger partial charge is 0.370 e. The van der Waals surface area contributed by atoms with Crippen molar-refractivity contribution in [2.75, 3.05) is 11.9 Å². The van der Waals surface area contributed by atoms with E-state index in [1.165, 1.54) is 0 Å². The number of para-hydroxylation sites is 1. The van der Waals surface area contributed by atoms with Crippen molar-refractivity contribution in [2.24, 2.45) is 10.7 Å². The molecule has 1 aromatic rings. The molecule has 0 atom stereocenters. The topological polar surface area (TPSA) is 79.5 Å². The van der Waals surface area contributed by atoms with Crippen molar-refractivity contribution in [3.8, 4) is 0 Å². The van der Waals surface area contributed by atoms with Gasteiger partial charge in [-0.2, -0.15) is 13.2 Å². The molecular formula is C14H20ClF3N4O. The molecule has 2 amide bonds. The highest BCUT2D eigenvalue weighted by Gasteiger charge is 2.26. The maximum atomic E-state index is 12.0. The summed E-state index contributed by atoms with van der Waals surface area (Å²) in [7, 11) is 0. The Bertz CT molecular complexity index is 539. The number of rotatable bonds is 4. The Hall–Kier alpha value is -1.96. The summed E-state index contributed by atoms with van der Waals surface area (Å²) >= 11 is 0. The van der Waals surface area contributed by atoms with Gasteiger partial charge < -0.3 is 11.1 Å². The number of benzene rings is 1. The van der Waals surface area contributed by atoms with Gasteiger partial charge in [0, 0.05) is 5.69 Å². The summed E-state index contributed by atoms with van der Waals surface area (Å²) < 4.78 is 36.0. The second-order valence-corrected chi connectivity index (χ2v) is 4.55. The predicted octanol–water partition coefficient (Wildman–Crippen LogP) is 3.23. The van der Waals surface area contributed by atoms with E-state index in [0.29, 0.717) is 18.5 Å². The van der Waals surface area contributed by atoms with Gasteiger partial charge >= 0.3 is 12.2 Å². The number of hydrogen-bond donors (Lipinski definition) is 3. The number of anilines is 1. The van der Waals surface area contributed by atoms with Crippen molar-refractivity contribution in [3.05, 3.63) is 29.3 Å². The number of nitrogens with zero attached hydrogens (tertiary/aromatic N) is 1. The lowest BCUT2D eigenvalue weighted by atomic mass is 10.0. The van der Waals surface area contributed by atoms with Crippen LogP contribution in [0, 0.1) is 0 Å². The average molecular weight is 353 g/mol. The number of aryl methyl sites for hydroxylation is 2. The van der Waals surface area contributed by atoms with Gasteiger partial charge in [-0.15, -0.1) is 12.4 Å². The molecule has 0 heterocycles. The van der Waals surface area contributed by atoms with Crippen molar-refractivity contribution in [3.63, 3.8) is 0 Å². The van der Waals surface area contributed by atoms with Crippen LogP contribution in [0.25, 0.3) is 0 Å². The number of nitrogens with one attached hydrogen (secondary N) is 2. The van der Waals surface area contributed by atoms with Gasteiger partial charge in [-0.25, -0.2) is 9.79 Å². The van der Waals surface area contributed by atoms with Gasteiger partial charge in [0.25, 0.3) is 0 Å². The monoisotopic (exact) mass is 352 g/mol. The molecule has 0 spiro atoms. The zero-order valence-corrected chi connectivity index (χ0v) is 13.6. The summed E-state index contributed by atoms with van der Waals surface area (Å²) in [6.07, 6.45) is -3.05. The average Bonchev–Trinajstić information content (AvgIpc) is 2.44. The minimum absolute atomic E-state index is 0. The summed E-state index contributed by atoms with van der Waals surface area (Å²) in [5, 5.41) is 4.70. The Balaban J connectivity index is 0.00000484. The van der Waals surface area contributed by atoms with E-state index in [0.717, 1.165) is 11.1 Å². The molecule has 1 rings (SSSR count). The lowest BCUT2D eigenvalue weighted by Gasteiger charge is -2.14. The van der Waals surface area contributed by atoms with Crippen molar-refractivity contribution >= 4 is 30.1 Å². The number of halogens is 4. The van der Waals surface area contributed by atoms with Crippen LogP contribution < -0.4 is 16.4 Å². The van der Waals surface area contributed by atoms with E-state index in [1.54, 1.807) is 0 Å². The van der Waals surface area contributed by atoms with Crippen molar-refractivity contribution in [1.29, 1.82) is 0 Å². The molecule has 0 saturated heterocycles. The normalized spacial score (nSPS) is 11.6. The molecule has 0 aliphatic heterocycles. The standard InChI is InChI=1S/C14H19F3N4O.ClH/c1-3-9-6-5-7-10(4-2)11(9)20-13(22)21-12(18)19-8-14(15,16)17;/h5-7H,3-4,8H2,1-2H3,(H4,18,19,20,21,22);1H. The molecule has 9 heteroatoms. The van der Waals surface area contributed by atoms with Crippen LogP contribution >= 0.6 is 12.4 Å². The molecule has 0 radical (unpaired) electrons. The Kier molecular flexibility index (Phi) is 8.45. The zero-order chi connectivity index (χ0) is 16.8. The quantitative estimate of drug-likeness (QED) is 0.574. The van der Waals surface area contributed by atoms with Gasteiger partial charge in [-0.05, 0) is 24.0 Å². The summed E-state index contributed by atoms with van der Waals surface area (Å²) in [6, 6.07) is 4.91. The van der Waals surface area contributed by atoms with Gasteiger partial charge in [-0.1, -0.05) is 32.0 Å². The number of amides is 2. The summed E-state index contributed by atoms with van der Waals surface area (Å²) in [5.74, 6) is -0.582. The number of guanidine groups is 1. The minimum atomic E-state index is -4.47. The van der Waals surface area contributed by atoms with E-state index in [9.17, 15) is 18.0 Å². The molecule has 4 N–H and O–H groups in total. The molecule has 5 nitrogen and oxygen atoms in total. The SMILES string of the molecule is CCc1cccc(CC)c1NC(=O)NC(N)=NCC(F)(F)F.Cl. The lowest BCUT2D eigenvalue weighted by Crippen LogP contribution is -2.40. The molecule has 0 fully saturated rings. The minimum Gasteiger partial charge on any atom is -0.370 e. The predicted molar refractivity (Wildman–Crippen MR) is 87.1 cm³/mol.